The minimum Gasteiger partial charge on any atom is -0.0622 e. The van der Waals surface area contributed by atoms with E-state index in [-0.39, 0.29) is 10.8 Å². The first-order chi connectivity index (χ1) is 31.5. The molecule has 0 radical (unpaired) electrons. The van der Waals surface area contributed by atoms with Crippen LogP contribution in [0.15, 0.2) is 158 Å². The van der Waals surface area contributed by atoms with Crippen LogP contribution >= 0.6 is 0 Å². The number of hydrogen-bond donors (Lipinski definition) is 0. The van der Waals surface area contributed by atoms with E-state index in [2.05, 4.69) is 205 Å². The van der Waals surface area contributed by atoms with Gasteiger partial charge in [0.1, 0.15) is 0 Å². The maximum Gasteiger partial charge on any atom is 0.0264 e. The van der Waals surface area contributed by atoms with Crippen molar-refractivity contribution in [1.82, 2.24) is 0 Å². The quantitative estimate of drug-likeness (QED) is 0.156. The van der Waals surface area contributed by atoms with Gasteiger partial charge in [0.25, 0.3) is 0 Å². The van der Waals surface area contributed by atoms with Crippen molar-refractivity contribution in [3.05, 3.63) is 213 Å². The lowest BCUT2D eigenvalue weighted by Gasteiger charge is -2.72. The van der Waals surface area contributed by atoms with E-state index in [4.69, 9.17) is 0 Å². The Labute approximate surface area is 381 Å². The van der Waals surface area contributed by atoms with Crippen LogP contribution in [0.4, 0.5) is 0 Å². The van der Waals surface area contributed by atoms with Gasteiger partial charge < -0.3 is 0 Å². The molecule has 6 aromatic carbocycles. The van der Waals surface area contributed by atoms with Crippen molar-refractivity contribution in [2.24, 2.45) is 40.9 Å². The second-order valence-corrected chi connectivity index (χ2v) is 20.9. The van der Waals surface area contributed by atoms with Crippen molar-refractivity contribution in [3.8, 4) is 47.4 Å². The molecule has 64 heavy (non-hydrogen) atoms. The van der Waals surface area contributed by atoms with Gasteiger partial charge in [0.15, 0.2) is 0 Å². The average Bonchev–Trinajstić information content (AvgIpc) is 3.32. The van der Waals surface area contributed by atoms with E-state index in [1.807, 2.05) is 0 Å². The lowest BCUT2D eigenvalue weighted by Crippen LogP contribution is -2.65. The maximum atomic E-state index is 3.66. The van der Waals surface area contributed by atoms with Crippen LogP contribution in [0.1, 0.15) is 126 Å². The zero-order valence-corrected chi connectivity index (χ0v) is 36.8. The standard InChI is InChI=1S/C64H54/c1-5-13-46(14-6-1)21-25-50-29-51(26-22-47-15-7-2-8-16-47)36-59(35-50)62-39-56-32-57(40-62)42-63(41-56,45-62)61-58-33-54-31-55(34-58)44-64(61,43-54)60-37-52(27-23-48-17-9-3-10-18-48)30-53(38-60)28-24-49-19-11-4-12-20-49/h1-20,29-30,35-38,54-58,61H,31-34,39-45H2. The van der Waals surface area contributed by atoms with Crippen LogP contribution in [-0.4, -0.2) is 0 Å². The smallest absolute Gasteiger partial charge is 0.0264 e. The first kappa shape index (κ1) is 39.2. The van der Waals surface area contributed by atoms with Crippen molar-refractivity contribution < 1.29 is 0 Å². The Balaban J connectivity index is 0.978. The lowest BCUT2D eigenvalue weighted by atomic mass is 9.32. The molecule has 8 saturated carbocycles. The fourth-order valence-corrected chi connectivity index (χ4v) is 15.4. The largest absolute Gasteiger partial charge is 0.0622 e. The van der Waals surface area contributed by atoms with Gasteiger partial charge in [-0.2, -0.15) is 0 Å². The molecule has 8 fully saturated rings. The van der Waals surface area contributed by atoms with Crippen LogP contribution in [0, 0.1) is 88.3 Å². The van der Waals surface area contributed by atoms with E-state index in [9.17, 15) is 0 Å². The van der Waals surface area contributed by atoms with Gasteiger partial charge in [-0.1, -0.05) is 120 Å². The molecule has 8 aliphatic carbocycles. The van der Waals surface area contributed by atoms with E-state index < -0.39 is 0 Å². The number of rotatable bonds is 3. The Hall–Kier alpha value is -6.44. The zero-order valence-electron chi connectivity index (χ0n) is 36.8. The molecule has 8 bridgehead atoms. The van der Waals surface area contributed by atoms with Gasteiger partial charge >= 0.3 is 0 Å². The highest BCUT2D eigenvalue weighted by atomic mass is 14.7. The summed E-state index contributed by atoms with van der Waals surface area (Å²) in [5, 5.41) is 0. The molecule has 5 unspecified atom stereocenters. The van der Waals surface area contributed by atoms with Gasteiger partial charge in [-0.3, -0.25) is 0 Å². The molecular formula is C64H54. The summed E-state index contributed by atoms with van der Waals surface area (Å²) in [5.74, 6) is 33.3. The van der Waals surface area contributed by atoms with Crippen LogP contribution in [0.5, 0.6) is 0 Å². The molecule has 8 aliphatic rings. The average molecular weight is 823 g/mol. The molecule has 0 heteroatoms. The van der Waals surface area contributed by atoms with Gasteiger partial charge in [-0.05, 0) is 218 Å². The highest BCUT2D eigenvalue weighted by Gasteiger charge is 2.68. The van der Waals surface area contributed by atoms with E-state index in [0.717, 1.165) is 74.1 Å². The van der Waals surface area contributed by atoms with Crippen molar-refractivity contribution in [3.63, 3.8) is 0 Å². The molecule has 0 nitrogen and oxygen atoms in total. The molecule has 0 aromatic heterocycles. The number of hydrogen-bond acceptors (Lipinski definition) is 0. The molecule has 0 aliphatic heterocycles. The van der Waals surface area contributed by atoms with Gasteiger partial charge in [-0.25, -0.2) is 0 Å². The van der Waals surface area contributed by atoms with Crippen LogP contribution in [-0.2, 0) is 10.8 Å². The summed E-state index contributed by atoms with van der Waals surface area (Å²) in [6.45, 7) is 0. The summed E-state index contributed by atoms with van der Waals surface area (Å²) in [7, 11) is 0. The SMILES string of the molecule is C(#Cc1cc(C#Cc2ccccc2)cc(C23CC4CC(C2)CC(C2C5CC6CC(C5)CC2(c2cc(C#Cc5ccccc5)cc(C#Cc5ccccc5)c2)C6)(C4)C3)c1)c1ccccc1. The van der Waals surface area contributed by atoms with Crippen LogP contribution in [0.3, 0.4) is 0 Å². The molecular weight excluding hydrogens is 769 g/mol. The predicted octanol–water partition coefficient (Wildman–Crippen LogP) is 13.5. The molecule has 0 N–H and O–H groups in total. The van der Waals surface area contributed by atoms with E-state index >= 15 is 0 Å². The molecule has 0 saturated heterocycles. The first-order valence-corrected chi connectivity index (χ1v) is 24.1. The molecule has 14 rings (SSSR count). The monoisotopic (exact) mass is 822 g/mol. The summed E-state index contributed by atoms with van der Waals surface area (Å²) in [6.07, 6.45) is 15.0. The van der Waals surface area contributed by atoms with E-state index in [0.29, 0.717) is 11.3 Å². The summed E-state index contributed by atoms with van der Waals surface area (Å²) in [4.78, 5) is 0. The zero-order chi connectivity index (χ0) is 42.6. The van der Waals surface area contributed by atoms with Gasteiger partial charge in [0.2, 0.25) is 0 Å². The molecule has 310 valence electrons. The number of benzene rings is 6. The summed E-state index contributed by atoms with van der Waals surface area (Å²) in [6, 6.07) is 56.4. The van der Waals surface area contributed by atoms with E-state index in [1.165, 1.54) is 81.8 Å². The van der Waals surface area contributed by atoms with Gasteiger partial charge in [0.05, 0.1) is 0 Å². The lowest BCUT2D eigenvalue weighted by molar-refractivity contribution is -0.186. The Kier molecular flexibility index (Phi) is 9.78. The summed E-state index contributed by atoms with van der Waals surface area (Å²) in [5.41, 5.74) is 12.2. The molecule has 5 atom stereocenters. The third-order valence-electron chi connectivity index (χ3n) is 16.6. The third-order valence-corrected chi connectivity index (χ3v) is 16.6. The second-order valence-electron chi connectivity index (χ2n) is 20.9. The predicted molar refractivity (Wildman–Crippen MR) is 260 cm³/mol. The van der Waals surface area contributed by atoms with Crippen LogP contribution < -0.4 is 0 Å². The van der Waals surface area contributed by atoms with Crippen molar-refractivity contribution >= 4 is 0 Å². The van der Waals surface area contributed by atoms with Crippen LogP contribution in [0.25, 0.3) is 0 Å². The Bertz CT molecular complexity index is 2800. The third kappa shape index (κ3) is 7.39. The molecule has 0 spiro atoms. The highest BCUT2D eigenvalue weighted by molar-refractivity contribution is 5.55. The summed E-state index contributed by atoms with van der Waals surface area (Å²) >= 11 is 0. The fourth-order valence-electron chi connectivity index (χ4n) is 15.4. The van der Waals surface area contributed by atoms with Gasteiger partial charge in [0, 0.05) is 44.5 Å². The Morgan fingerprint density at radius 3 is 1.09 bits per heavy atom. The molecule has 0 amide bonds. The molecule has 6 aromatic rings. The van der Waals surface area contributed by atoms with Gasteiger partial charge in [-0.15, -0.1) is 0 Å². The van der Waals surface area contributed by atoms with Crippen LogP contribution in [0.2, 0.25) is 0 Å². The van der Waals surface area contributed by atoms with E-state index in [1.54, 1.807) is 0 Å². The minimum absolute atomic E-state index is 0.142. The highest BCUT2D eigenvalue weighted by Crippen LogP contribution is 2.76. The normalized spacial score (nSPS) is 29.8. The first-order valence-electron chi connectivity index (χ1n) is 24.1. The maximum absolute atomic E-state index is 3.66. The fraction of sp³-hybridized carbons (Fsp3) is 0.312. The van der Waals surface area contributed by atoms with Crippen molar-refractivity contribution in [2.75, 3.05) is 0 Å². The van der Waals surface area contributed by atoms with Crippen molar-refractivity contribution in [1.29, 1.82) is 0 Å². The molecule has 0 heterocycles. The summed E-state index contributed by atoms with van der Waals surface area (Å²) < 4.78 is 0. The minimum atomic E-state index is 0.142. The Morgan fingerprint density at radius 1 is 0.328 bits per heavy atom. The second kappa shape index (κ2) is 16.0. The Morgan fingerprint density at radius 2 is 0.688 bits per heavy atom. The van der Waals surface area contributed by atoms with Crippen molar-refractivity contribution in [2.45, 2.75) is 81.5 Å². The topological polar surface area (TPSA) is 0 Å².